The monoisotopic (exact) mass is 791 g/mol. The molecule has 3 aromatic carbocycles. The van der Waals surface area contributed by atoms with Gasteiger partial charge in [-0.25, -0.2) is 4.98 Å². The van der Waals surface area contributed by atoms with Crippen LogP contribution in [0.5, 0.6) is 5.75 Å². The van der Waals surface area contributed by atoms with Crippen LogP contribution in [0.2, 0.25) is 0 Å². The highest BCUT2D eigenvalue weighted by Crippen LogP contribution is 2.36. The number of likely N-dealkylation sites (tertiary alicyclic amines) is 1. The van der Waals surface area contributed by atoms with Gasteiger partial charge in [-0.05, 0) is 79.9 Å². The van der Waals surface area contributed by atoms with Crippen molar-refractivity contribution in [2.24, 2.45) is 0 Å². The smallest absolute Gasteiger partial charge is 0.262 e. The summed E-state index contributed by atoms with van der Waals surface area (Å²) in [6.45, 7) is 7.63. The number of piperazine rings is 1. The molecule has 4 fully saturated rings. The molecule has 9 rings (SSSR count). The minimum absolute atomic E-state index is 0.105. The van der Waals surface area contributed by atoms with Crippen LogP contribution in [0.15, 0.2) is 60.7 Å². The number of nitrogens with zero attached hydrogens (tertiary/aromatic N) is 6. The van der Waals surface area contributed by atoms with E-state index in [1.807, 2.05) is 26.2 Å². The normalized spacial score (nSPS) is 23.5. The van der Waals surface area contributed by atoms with Crippen molar-refractivity contribution in [1.82, 2.24) is 25.0 Å². The summed E-state index contributed by atoms with van der Waals surface area (Å²) < 4.78 is 14.0. The number of rotatable bonds is 11. The Morgan fingerprint density at radius 2 is 1.49 bits per heavy atom. The number of piperidine rings is 2. The van der Waals surface area contributed by atoms with E-state index in [0.717, 1.165) is 115 Å². The third kappa shape index (κ3) is 7.88. The summed E-state index contributed by atoms with van der Waals surface area (Å²) >= 11 is 1.70. The van der Waals surface area contributed by atoms with E-state index >= 15 is 0 Å². The molecule has 4 amide bonds. The number of carbonyl (C=O) groups excluding carboxylic acids is 4. The van der Waals surface area contributed by atoms with E-state index in [0.29, 0.717) is 17.2 Å². The molecule has 0 bridgehead atoms. The molecule has 0 radical (unpaired) electrons. The molecule has 13 nitrogen and oxygen atoms in total. The Balaban J connectivity index is 0.676. The fourth-order valence-electron chi connectivity index (χ4n) is 8.63. The van der Waals surface area contributed by atoms with E-state index in [1.165, 1.54) is 5.69 Å². The zero-order chi connectivity index (χ0) is 39.2. The van der Waals surface area contributed by atoms with Crippen molar-refractivity contribution in [3.63, 3.8) is 0 Å². The van der Waals surface area contributed by atoms with Crippen LogP contribution in [0.4, 0.5) is 11.4 Å². The molecule has 1 aliphatic carbocycles. The zero-order valence-electron chi connectivity index (χ0n) is 32.5. The number of carbonyl (C=O) groups is 4. The van der Waals surface area contributed by atoms with Gasteiger partial charge < -0.3 is 24.2 Å². The van der Waals surface area contributed by atoms with Crippen molar-refractivity contribution in [2.75, 3.05) is 76.3 Å². The average molecular weight is 792 g/mol. The molecule has 1 saturated carbocycles. The van der Waals surface area contributed by atoms with Crippen LogP contribution < -0.4 is 19.9 Å². The van der Waals surface area contributed by atoms with Crippen molar-refractivity contribution < 1.29 is 28.7 Å². The number of anilines is 2. The lowest BCUT2D eigenvalue weighted by molar-refractivity contribution is -0.136. The first-order valence-corrected chi connectivity index (χ1v) is 21.0. The number of ether oxygens (including phenoxy) is 2. The largest absolute Gasteiger partial charge is 0.490 e. The summed E-state index contributed by atoms with van der Waals surface area (Å²) in [7, 11) is 4.09. The number of hydrogen-bond acceptors (Lipinski definition) is 12. The van der Waals surface area contributed by atoms with E-state index in [1.54, 1.807) is 23.5 Å². The molecule has 1 atom stereocenters. The predicted octanol–water partition coefficient (Wildman–Crippen LogP) is 4.64. The van der Waals surface area contributed by atoms with Gasteiger partial charge in [0.25, 0.3) is 11.8 Å². The van der Waals surface area contributed by atoms with Crippen LogP contribution in [-0.4, -0.2) is 134 Å². The van der Waals surface area contributed by atoms with Gasteiger partial charge in [-0.2, -0.15) is 0 Å². The zero-order valence-corrected chi connectivity index (χ0v) is 33.3. The van der Waals surface area contributed by atoms with Crippen molar-refractivity contribution in [3.05, 3.63) is 71.8 Å². The van der Waals surface area contributed by atoms with Crippen molar-refractivity contribution in [2.45, 2.75) is 62.9 Å². The molecule has 3 saturated heterocycles. The van der Waals surface area contributed by atoms with Crippen LogP contribution in [-0.2, 0) is 14.3 Å². The van der Waals surface area contributed by atoms with Crippen molar-refractivity contribution >= 4 is 56.6 Å². The van der Waals surface area contributed by atoms with Gasteiger partial charge in [0.2, 0.25) is 11.8 Å². The first kappa shape index (κ1) is 37.7. The summed E-state index contributed by atoms with van der Waals surface area (Å²) in [5.74, 6) is -1.02. The summed E-state index contributed by atoms with van der Waals surface area (Å²) in [5, 5.41) is 3.27. The van der Waals surface area contributed by atoms with Crippen LogP contribution in [0.1, 0.15) is 59.2 Å². The van der Waals surface area contributed by atoms with Gasteiger partial charge in [-0.3, -0.25) is 34.3 Å². The summed E-state index contributed by atoms with van der Waals surface area (Å²) in [5.41, 5.74) is 4.83. The van der Waals surface area contributed by atoms with Gasteiger partial charge in [0, 0.05) is 103 Å². The Kier molecular flexibility index (Phi) is 10.4. The molecule has 1 unspecified atom stereocenters. The van der Waals surface area contributed by atoms with Gasteiger partial charge in [-0.1, -0.05) is 0 Å². The highest BCUT2D eigenvalue weighted by Gasteiger charge is 2.45. The lowest BCUT2D eigenvalue weighted by Crippen LogP contribution is -2.54. The van der Waals surface area contributed by atoms with Gasteiger partial charge >= 0.3 is 0 Å². The molecule has 4 aliphatic heterocycles. The minimum atomic E-state index is -0.957. The molecule has 14 heteroatoms. The maximum absolute atomic E-state index is 13.3. The molecule has 0 spiro atoms. The number of nitrogens with one attached hydrogen (secondary N) is 1. The third-order valence-electron chi connectivity index (χ3n) is 12.2. The second-order valence-electron chi connectivity index (χ2n) is 16.1. The van der Waals surface area contributed by atoms with E-state index in [4.69, 9.17) is 14.5 Å². The number of benzene rings is 3. The highest BCUT2D eigenvalue weighted by atomic mass is 32.1. The van der Waals surface area contributed by atoms with E-state index in [9.17, 15) is 19.2 Å². The topological polar surface area (TPSA) is 128 Å². The minimum Gasteiger partial charge on any atom is -0.490 e. The highest BCUT2D eigenvalue weighted by molar-refractivity contribution is 7.21. The van der Waals surface area contributed by atoms with Gasteiger partial charge in [0.05, 0.1) is 33.6 Å². The molecule has 57 heavy (non-hydrogen) atoms. The van der Waals surface area contributed by atoms with Gasteiger partial charge in [-0.15, -0.1) is 11.3 Å². The van der Waals surface area contributed by atoms with E-state index in [2.05, 4.69) is 61.3 Å². The molecule has 5 heterocycles. The Labute approximate surface area is 336 Å². The molecule has 4 aromatic rings. The molecule has 5 aliphatic rings. The standard InChI is InChI=1S/C43H49N7O6S/c1-46(2)28-5-3-27(4-6-28)41-44-36-10-8-31(26-38(36)57-41)56-33-24-32(25-33)55-30-13-15-47(16-14-30)17-18-48-19-21-49(22-20-48)29-7-9-34-35(23-29)43(54)50(42(34)53)37-11-12-39(51)45-40(37)52/h3-10,23,26,30,32-33,37H,11-22,24-25H2,1-2H3,(H,45,51,52)/t32-,33-,37?. The maximum Gasteiger partial charge on any atom is 0.262 e. The number of hydrogen-bond donors (Lipinski definition) is 1. The number of fused-ring (bicyclic) bond motifs is 2. The predicted molar refractivity (Wildman–Crippen MR) is 219 cm³/mol. The second kappa shape index (κ2) is 15.8. The molecular weight excluding hydrogens is 743 g/mol. The molecular formula is C43H49N7O6S. The molecule has 1 N–H and O–H groups in total. The third-order valence-corrected chi connectivity index (χ3v) is 13.2. The van der Waals surface area contributed by atoms with Gasteiger partial charge in [0.15, 0.2) is 0 Å². The van der Waals surface area contributed by atoms with Crippen LogP contribution in [0.3, 0.4) is 0 Å². The first-order valence-electron chi connectivity index (χ1n) is 20.2. The van der Waals surface area contributed by atoms with Crippen LogP contribution >= 0.6 is 11.3 Å². The maximum atomic E-state index is 13.3. The number of amides is 4. The Morgan fingerprint density at radius 3 is 2.21 bits per heavy atom. The number of thiazole rings is 1. The molecule has 298 valence electrons. The SMILES string of the molecule is CN(C)c1ccc(-c2nc3ccc(O[C@H]4C[C@H](OC5CCN(CCN6CCN(c7ccc8c(c7)C(=O)N(C7CCC(=O)NC7=O)C8=O)CC6)CC5)C4)cc3s2)cc1. The Bertz CT molecular complexity index is 2170. The lowest BCUT2D eigenvalue weighted by atomic mass is 9.91. The first-order chi connectivity index (χ1) is 27.6. The van der Waals surface area contributed by atoms with Crippen molar-refractivity contribution in [1.29, 1.82) is 0 Å². The second-order valence-corrected chi connectivity index (χ2v) is 17.1. The average Bonchev–Trinajstić information content (AvgIpc) is 3.74. The lowest BCUT2D eigenvalue weighted by Gasteiger charge is -2.40. The quantitative estimate of drug-likeness (QED) is 0.214. The summed E-state index contributed by atoms with van der Waals surface area (Å²) in [4.78, 5) is 65.7. The number of aromatic nitrogens is 1. The van der Waals surface area contributed by atoms with E-state index in [-0.39, 0.29) is 31.0 Å². The Morgan fingerprint density at radius 1 is 0.772 bits per heavy atom. The molecule has 1 aromatic heterocycles. The van der Waals surface area contributed by atoms with Crippen LogP contribution in [0, 0.1) is 0 Å². The summed E-state index contributed by atoms with van der Waals surface area (Å²) in [6.07, 6.45) is 4.97. The summed E-state index contributed by atoms with van der Waals surface area (Å²) in [6, 6.07) is 19.1. The van der Waals surface area contributed by atoms with E-state index < -0.39 is 23.8 Å². The fraction of sp³-hybridized carbons (Fsp3) is 0.465. The van der Waals surface area contributed by atoms with Crippen LogP contribution in [0.25, 0.3) is 20.8 Å². The number of imide groups is 2. The van der Waals surface area contributed by atoms with Gasteiger partial charge in [0.1, 0.15) is 22.9 Å². The van der Waals surface area contributed by atoms with Crippen molar-refractivity contribution in [3.8, 4) is 16.3 Å². The Hall–Kier alpha value is -4.89. The fourth-order valence-corrected chi connectivity index (χ4v) is 9.63.